The summed E-state index contributed by atoms with van der Waals surface area (Å²) in [6.45, 7) is 2.29. The molecule has 18 heavy (non-hydrogen) atoms. The molecule has 0 amide bonds. The Hall–Kier alpha value is -1.56. The summed E-state index contributed by atoms with van der Waals surface area (Å²) in [5.74, 6) is 0. The molecule has 0 fully saturated rings. The van der Waals surface area contributed by atoms with Crippen molar-refractivity contribution in [1.29, 1.82) is 0 Å². The summed E-state index contributed by atoms with van der Waals surface area (Å²) in [5, 5.41) is 0. The van der Waals surface area contributed by atoms with E-state index >= 15 is 0 Å². The number of hydrogen-bond acceptors (Lipinski definition) is 0. The van der Waals surface area contributed by atoms with E-state index in [4.69, 9.17) is 0 Å². The molecule has 0 nitrogen and oxygen atoms in total. The monoisotopic (exact) mass is 236 g/mol. The lowest BCUT2D eigenvalue weighted by atomic mass is 9.93. The first kappa shape index (κ1) is 11.5. The third-order valence-corrected chi connectivity index (χ3v) is 4.11. The van der Waals surface area contributed by atoms with E-state index in [2.05, 4.69) is 49.4 Å². The fourth-order valence-electron chi connectivity index (χ4n) is 3.04. The van der Waals surface area contributed by atoms with Crippen molar-refractivity contribution in [1.82, 2.24) is 0 Å². The van der Waals surface area contributed by atoms with Crippen molar-refractivity contribution in [2.75, 3.05) is 0 Å². The van der Waals surface area contributed by atoms with Crippen LogP contribution in [0.2, 0.25) is 0 Å². The van der Waals surface area contributed by atoms with Crippen LogP contribution in [0.25, 0.3) is 0 Å². The zero-order valence-electron chi connectivity index (χ0n) is 11.1. The Morgan fingerprint density at radius 3 is 1.67 bits per heavy atom. The van der Waals surface area contributed by atoms with Gasteiger partial charge in [-0.1, -0.05) is 49.4 Å². The van der Waals surface area contributed by atoms with Gasteiger partial charge in [0.2, 0.25) is 0 Å². The lowest BCUT2D eigenvalue weighted by Gasteiger charge is -2.12. The number of benzene rings is 2. The molecule has 0 saturated carbocycles. The molecule has 0 unspecified atom stereocenters. The smallest absolute Gasteiger partial charge is 0.0235 e. The van der Waals surface area contributed by atoms with Crippen LogP contribution in [0.4, 0.5) is 0 Å². The SMILES string of the molecule is CCc1c2cccc1CCc1ccc(cc1)CC2. The van der Waals surface area contributed by atoms with Crippen molar-refractivity contribution < 1.29 is 0 Å². The normalized spacial score (nSPS) is 14.3. The summed E-state index contributed by atoms with van der Waals surface area (Å²) in [7, 11) is 0. The highest BCUT2D eigenvalue weighted by atomic mass is 14.1. The first-order chi connectivity index (χ1) is 8.86. The van der Waals surface area contributed by atoms with Crippen LogP contribution in [-0.4, -0.2) is 0 Å². The highest BCUT2D eigenvalue weighted by Gasteiger charge is 2.09. The summed E-state index contributed by atoms with van der Waals surface area (Å²) >= 11 is 0. The van der Waals surface area contributed by atoms with E-state index in [1.807, 2.05) is 0 Å². The summed E-state index contributed by atoms with van der Waals surface area (Å²) < 4.78 is 0. The van der Waals surface area contributed by atoms with Crippen molar-refractivity contribution in [3.05, 3.63) is 70.3 Å². The average Bonchev–Trinajstić information content (AvgIpc) is 2.45. The molecule has 2 aromatic rings. The van der Waals surface area contributed by atoms with Crippen molar-refractivity contribution in [3.63, 3.8) is 0 Å². The molecule has 2 aromatic carbocycles. The maximum atomic E-state index is 2.31. The first-order valence-electron chi connectivity index (χ1n) is 7.04. The predicted molar refractivity (Wildman–Crippen MR) is 77.1 cm³/mol. The number of aryl methyl sites for hydroxylation is 4. The Morgan fingerprint density at radius 2 is 1.22 bits per heavy atom. The van der Waals surface area contributed by atoms with E-state index < -0.39 is 0 Å². The van der Waals surface area contributed by atoms with Crippen LogP contribution in [0.15, 0.2) is 42.5 Å². The molecular weight excluding hydrogens is 216 g/mol. The Balaban J connectivity index is 2.04. The highest BCUT2D eigenvalue weighted by molar-refractivity contribution is 5.38. The molecule has 2 aliphatic rings. The van der Waals surface area contributed by atoms with Crippen molar-refractivity contribution in [2.45, 2.75) is 39.0 Å². The minimum atomic E-state index is 1.16. The van der Waals surface area contributed by atoms with E-state index in [9.17, 15) is 0 Å². The molecule has 2 aliphatic carbocycles. The minimum Gasteiger partial charge on any atom is -0.0617 e. The van der Waals surface area contributed by atoms with Crippen molar-refractivity contribution in [3.8, 4) is 0 Å². The lowest BCUT2D eigenvalue weighted by molar-refractivity contribution is 0.900. The van der Waals surface area contributed by atoms with Gasteiger partial charge < -0.3 is 0 Å². The van der Waals surface area contributed by atoms with Crippen LogP contribution in [0.3, 0.4) is 0 Å². The molecule has 0 aliphatic heterocycles. The molecule has 4 rings (SSSR count). The van der Waals surface area contributed by atoms with Gasteiger partial charge in [-0.05, 0) is 59.9 Å². The van der Waals surface area contributed by atoms with Gasteiger partial charge in [-0.25, -0.2) is 0 Å². The minimum absolute atomic E-state index is 1.16. The molecule has 0 saturated heterocycles. The van der Waals surface area contributed by atoms with Crippen LogP contribution in [0.1, 0.15) is 34.7 Å². The van der Waals surface area contributed by atoms with Crippen LogP contribution in [0.5, 0.6) is 0 Å². The Labute approximate surface area is 110 Å². The molecule has 0 radical (unpaired) electrons. The van der Waals surface area contributed by atoms with Gasteiger partial charge in [0.25, 0.3) is 0 Å². The molecule has 0 N–H and O–H groups in total. The van der Waals surface area contributed by atoms with Gasteiger partial charge in [0.05, 0.1) is 0 Å². The standard InChI is InChI=1S/C18H20/c1-2-18-16-4-3-5-17(18)13-11-15-8-6-14(7-9-15)10-12-16/h3-9H,2,10-13H2,1H3. The van der Waals surface area contributed by atoms with Gasteiger partial charge >= 0.3 is 0 Å². The highest BCUT2D eigenvalue weighted by Crippen LogP contribution is 2.21. The summed E-state index contributed by atoms with van der Waals surface area (Å²) in [6.07, 6.45) is 5.84. The molecule has 0 heterocycles. The van der Waals surface area contributed by atoms with Gasteiger partial charge in [0, 0.05) is 0 Å². The van der Waals surface area contributed by atoms with Gasteiger partial charge in [0.15, 0.2) is 0 Å². The number of hydrogen-bond donors (Lipinski definition) is 0. The summed E-state index contributed by atoms with van der Waals surface area (Å²) in [6, 6.07) is 16.1. The van der Waals surface area contributed by atoms with Crippen molar-refractivity contribution >= 4 is 0 Å². The fraction of sp³-hybridized carbons (Fsp3) is 0.333. The zero-order chi connectivity index (χ0) is 12.4. The molecule has 0 heteroatoms. The van der Waals surface area contributed by atoms with Crippen molar-refractivity contribution in [2.24, 2.45) is 0 Å². The van der Waals surface area contributed by atoms with Crippen LogP contribution >= 0.6 is 0 Å². The van der Waals surface area contributed by atoms with Gasteiger partial charge in [-0.2, -0.15) is 0 Å². The topological polar surface area (TPSA) is 0 Å². The quantitative estimate of drug-likeness (QED) is 0.698. The van der Waals surface area contributed by atoms with E-state index in [1.54, 1.807) is 16.7 Å². The van der Waals surface area contributed by atoms with Gasteiger partial charge in [0.1, 0.15) is 0 Å². The van der Waals surface area contributed by atoms with E-state index in [0.29, 0.717) is 0 Å². The Bertz CT molecular complexity index is 489. The lowest BCUT2D eigenvalue weighted by Crippen LogP contribution is -2.01. The number of rotatable bonds is 1. The van der Waals surface area contributed by atoms with Crippen LogP contribution in [-0.2, 0) is 32.1 Å². The van der Waals surface area contributed by atoms with Crippen LogP contribution < -0.4 is 0 Å². The van der Waals surface area contributed by atoms with Crippen LogP contribution in [0, 0.1) is 0 Å². The predicted octanol–water partition coefficient (Wildman–Crippen LogP) is 4.13. The molecule has 0 aromatic heterocycles. The van der Waals surface area contributed by atoms with E-state index in [1.165, 1.54) is 24.0 Å². The fourth-order valence-corrected chi connectivity index (χ4v) is 3.04. The zero-order valence-corrected chi connectivity index (χ0v) is 11.1. The molecular formula is C18H20. The maximum Gasteiger partial charge on any atom is -0.0235 e. The molecule has 4 bridgehead atoms. The third-order valence-electron chi connectivity index (χ3n) is 4.11. The Kier molecular flexibility index (Phi) is 3.19. The second kappa shape index (κ2) is 4.97. The Morgan fingerprint density at radius 1 is 0.722 bits per heavy atom. The molecule has 0 atom stereocenters. The summed E-state index contributed by atoms with van der Waals surface area (Å²) in [4.78, 5) is 0. The second-order valence-electron chi connectivity index (χ2n) is 5.22. The average molecular weight is 236 g/mol. The van der Waals surface area contributed by atoms with Gasteiger partial charge in [-0.15, -0.1) is 0 Å². The molecule has 92 valence electrons. The molecule has 0 spiro atoms. The number of fused-ring (bicyclic) bond motifs is 4. The third kappa shape index (κ3) is 2.20. The van der Waals surface area contributed by atoms with Gasteiger partial charge in [-0.3, -0.25) is 0 Å². The summed E-state index contributed by atoms with van der Waals surface area (Å²) in [5.41, 5.74) is 7.64. The second-order valence-corrected chi connectivity index (χ2v) is 5.22. The maximum absolute atomic E-state index is 2.31. The largest absolute Gasteiger partial charge is 0.0617 e. The first-order valence-corrected chi connectivity index (χ1v) is 7.04. The van der Waals surface area contributed by atoms with E-state index in [-0.39, 0.29) is 0 Å². The van der Waals surface area contributed by atoms with E-state index in [0.717, 1.165) is 19.3 Å².